The van der Waals surface area contributed by atoms with Crippen molar-refractivity contribution in [3.05, 3.63) is 53.6 Å². The highest BCUT2D eigenvalue weighted by molar-refractivity contribution is 7.89. The Hall–Kier alpha value is -3.15. The molecule has 0 aliphatic carbocycles. The van der Waals surface area contributed by atoms with Gasteiger partial charge in [0, 0.05) is 30.3 Å². The predicted octanol–water partition coefficient (Wildman–Crippen LogP) is 1.58. The lowest BCUT2D eigenvalue weighted by atomic mass is 10.2. The summed E-state index contributed by atoms with van der Waals surface area (Å²) in [5.74, 6) is -0.439. The molecular formula is C22H27N3O7S. The van der Waals surface area contributed by atoms with Gasteiger partial charge in [-0.05, 0) is 44.2 Å². The van der Waals surface area contributed by atoms with Crippen LogP contribution in [0.3, 0.4) is 0 Å². The Morgan fingerprint density at radius 3 is 2.00 bits per heavy atom. The highest BCUT2D eigenvalue weighted by atomic mass is 32.2. The minimum absolute atomic E-state index is 0.0136. The number of ether oxygens (including phenoxy) is 3. The van der Waals surface area contributed by atoms with Crippen LogP contribution in [-0.4, -0.2) is 64.1 Å². The van der Waals surface area contributed by atoms with Crippen molar-refractivity contribution in [3.63, 3.8) is 0 Å². The number of amides is 2. The van der Waals surface area contributed by atoms with Crippen molar-refractivity contribution in [1.82, 2.24) is 15.2 Å². The van der Waals surface area contributed by atoms with E-state index in [1.54, 1.807) is 6.07 Å². The van der Waals surface area contributed by atoms with Crippen LogP contribution in [0.1, 0.15) is 34.6 Å². The van der Waals surface area contributed by atoms with Crippen LogP contribution >= 0.6 is 0 Å². The Morgan fingerprint density at radius 1 is 0.909 bits per heavy atom. The van der Waals surface area contributed by atoms with Gasteiger partial charge in [0.1, 0.15) is 11.5 Å². The Morgan fingerprint density at radius 2 is 1.45 bits per heavy atom. The summed E-state index contributed by atoms with van der Waals surface area (Å²) in [6, 6.07) is 10.2. The molecule has 2 aromatic rings. The van der Waals surface area contributed by atoms with E-state index in [1.807, 2.05) is 13.8 Å². The minimum Gasteiger partial charge on any atom is -0.497 e. The highest BCUT2D eigenvalue weighted by Gasteiger charge is 2.32. The molecule has 178 valence electrons. The van der Waals surface area contributed by atoms with Gasteiger partial charge in [0.05, 0.1) is 31.3 Å². The number of morpholine rings is 1. The van der Waals surface area contributed by atoms with Gasteiger partial charge in [0.25, 0.3) is 11.8 Å². The first kappa shape index (κ1) is 24.5. The Bertz CT molecular complexity index is 1100. The van der Waals surface area contributed by atoms with Gasteiger partial charge in [-0.2, -0.15) is 4.31 Å². The van der Waals surface area contributed by atoms with E-state index in [2.05, 4.69) is 10.9 Å². The van der Waals surface area contributed by atoms with Gasteiger partial charge in [-0.25, -0.2) is 8.42 Å². The first-order valence-corrected chi connectivity index (χ1v) is 11.7. The summed E-state index contributed by atoms with van der Waals surface area (Å²) < 4.78 is 43.4. The third-order valence-electron chi connectivity index (χ3n) is 5.02. The van der Waals surface area contributed by atoms with Crippen LogP contribution in [0.25, 0.3) is 0 Å². The number of hydrazine groups is 1. The van der Waals surface area contributed by atoms with Crippen LogP contribution in [0.5, 0.6) is 11.5 Å². The molecule has 2 amide bonds. The summed E-state index contributed by atoms with van der Waals surface area (Å²) in [5, 5.41) is 0. The summed E-state index contributed by atoms with van der Waals surface area (Å²) >= 11 is 0. The molecule has 33 heavy (non-hydrogen) atoms. The first-order chi connectivity index (χ1) is 15.6. The monoisotopic (exact) mass is 477 g/mol. The fourth-order valence-corrected chi connectivity index (χ4v) is 5.11. The molecule has 1 fully saturated rings. The van der Waals surface area contributed by atoms with Gasteiger partial charge in [-0.1, -0.05) is 6.07 Å². The zero-order valence-electron chi connectivity index (χ0n) is 18.8. The van der Waals surface area contributed by atoms with Gasteiger partial charge < -0.3 is 14.2 Å². The molecule has 0 unspecified atom stereocenters. The molecule has 0 radical (unpaired) electrons. The highest BCUT2D eigenvalue weighted by Crippen LogP contribution is 2.23. The Balaban J connectivity index is 1.72. The second kappa shape index (κ2) is 10.2. The van der Waals surface area contributed by atoms with E-state index < -0.39 is 21.8 Å². The van der Waals surface area contributed by atoms with E-state index in [4.69, 9.17) is 14.2 Å². The molecular weight excluding hydrogens is 450 g/mol. The van der Waals surface area contributed by atoms with Crippen molar-refractivity contribution < 1.29 is 32.2 Å². The molecule has 3 rings (SSSR count). The summed E-state index contributed by atoms with van der Waals surface area (Å²) in [6.07, 6.45) is -0.471. The molecule has 0 aromatic heterocycles. The summed E-state index contributed by atoms with van der Waals surface area (Å²) in [7, 11) is -0.904. The number of carbonyl (C=O) groups excluding carboxylic acids is 2. The first-order valence-electron chi connectivity index (χ1n) is 10.2. The van der Waals surface area contributed by atoms with E-state index >= 15 is 0 Å². The SMILES string of the molecule is COc1cc(OC)cc(C(=O)NNC(=O)c2cccc(S(=O)(=O)N3C[C@@H](C)O[C@H](C)C3)c2)c1. The lowest BCUT2D eigenvalue weighted by molar-refractivity contribution is -0.0440. The van der Waals surface area contributed by atoms with Crippen LogP contribution in [0.4, 0.5) is 0 Å². The van der Waals surface area contributed by atoms with Crippen LogP contribution in [0, 0.1) is 0 Å². The molecule has 10 nitrogen and oxygen atoms in total. The smallest absolute Gasteiger partial charge is 0.269 e. The Kier molecular flexibility index (Phi) is 7.57. The van der Waals surface area contributed by atoms with Crippen LogP contribution < -0.4 is 20.3 Å². The minimum atomic E-state index is -3.82. The van der Waals surface area contributed by atoms with Crippen LogP contribution in [0.2, 0.25) is 0 Å². The summed E-state index contributed by atoms with van der Waals surface area (Å²) in [6.45, 7) is 4.07. The molecule has 1 saturated heterocycles. The van der Waals surface area contributed by atoms with Gasteiger partial charge in [-0.3, -0.25) is 20.4 Å². The number of rotatable bonds is 6. The maximum atomic E-state index is 13.1. The molecule has 1 aliphatic heterocycles. The maximum absolute atomic E-state index is 13.1. The Labute approximate surface area is 192 Å². The number of sulfonamides is 1. The number of hydrogen-bond donors (Lipinski definition) is 2. The van der Waals surface area contributed by atoms with Crippen LogP contribution in [-0.2, 0) is 14.8 Å². The maximum Gasteiger partial charge on any atom is 0.269 e. The molecule has 1 heterocycles. The third kappa shape index (κ3) is 5.81. The fraction of sp³-hybridized carbons (Fsp3) is 0.364. The average Bonchev–Trinajstić information content (AvgIpc) is 2.81. The van der Waals surface area contributed by atoms with E-state index in [0.29, 0.717) is 11.5 Å². The molecule has 0 saturated carbocycles. The molecule has 2 N–H and O–H groups in total. The quantitative estimate of drug-likeness (QED) is 0.606. The molecule has 11 heteroatoms. The van der Waals surface area contributed by atoms with Gasteiger partial charge in [0.15, 0.2) is 0 Å². The molecule has 2 aromatic carbocycles. The summed E-state index contributed by atoms with van der Waals surface area (Å²) in [4.78, 5) is 25.0. The number of nitrogens with one attached hydrogen (secondary N) is 2. The molecule has 0 spiro atoms. The number of methoxy groups -OCH3 is 2. The fourth-order valence-electron chi connectivity index (χ4n) is 3.47. The van der Waals surface area contributed by atoms with Crippen molar-refractivity contribution in [3.8, 4) is 11.5 Å². The van der Waals surface area contributed by atoms with Gasteiger partial charge in [0.2, 0.25) is 10.0 Å². The number of carbonyl (C=O) groups is 2. The van der Waals surface area contributed by atoms with Crippen molar-refractivity contribution in [1.29, 1.82) is 0 Å². The van der Waals surface area contributed by atoms with Crippen LogP contribution in [0.15, 0.2) is 47.4 Å². The lowest BCUT2D eigenvalue weighted by Gasteiger charge is -2.34. The largest absolute Gasteiger partial charge is 0.497 e. The summed E-state index contributed by atoms with van der Waals surface area (Å²) in [5.41, 5.74) is 4.89. The van der Waals surface area contributed by atoms with Crippen molar-refractivity contribution in [2.24, 2.45) is 0 Å². The van der Waals surface area contributed by atoms with E-state index in [0.717, 1.165) is 0 Å². The standard InChI is InChI=1S/C22H27N3O7S/c1-14-12-25(13-15(2)32-14)33(28,29)20-7-5-6-16(10-20)21(26)23-24-22(27)17-8-18(30-3)11-19(9-17)31-4/h5-11,14-15H,12-13H2,1-4H3,(H,23,26)(H,24,27)/t14-,15-/m1/s1. The zero-order valence-corrected chi connectivity index (χ0v) is 19.6. The van der Waals surface area contributed by atoms with E-state index in [9.17, 15) is 18.0 Å². The van der Waals surface area contributed by atoms with Crippen molar-refractivity contribution in [2.45, 2.75) is 31.0 Å². The van der Waals surface area contributed by atoms with E-state index in [-0.39, 0.29) is 41.3 Å². The number of nitrogens with zero attached hydrogens (tertiary/aromatic N) is 1. The third-order valence-corrected chi connectivity index (χ3v) is 6.85. The zero-order chi connectivity index (χ0) is 24.2. The molecule has 0 bridgehead atoms. The van der Waals surface area contributed by atoms with Gasteiger partial charge >= 0.3 is 0 Å². The molecule has 2 atom stereocenters. The van der Waals surface area contributed by atoms with Crippen molar-refractivity contribution >= 4 is 21.8 Å². The van der Waals surface area contributed by atoms with Crippen molar-refractivity contribution in [2.75, 3.05) is 27.3 Å². The van der Waals surface area contributed by atoms with Gasteiger partial charge in [-0.15, -0.1) is 0 Å². The van der Waals surface area contributed by atoms with E-state index in [1.165, 1.54) is 54.9 Å². The topological polar surface area (TPSA) is 123 Å². The predicted molar refractivity (Wildman–Crippen MR) is 120 cm³/mol. The number of benzene rings is 2. The normalized spacial score (nSPS) is 18.9. The second-order valence-corrected chi connectivity index (χ2v) is 9.55. The second-order valence-electron chi connectivity index (χ2n) is 7.62. The average molecular weight is 478 g/mol. The lowest BCUT2D eigenvalue weighted by Crippen LogP contribution is -2.48. The number of hydrogen-bond acceptors (Lipinski definition) is 7. The molecule has 1 aliphatic rings.